The maximum absolute atomic E-state index is 14.2. The molecule has 0 aliphatic carbocycles. The Morgan fingerprint density at radius 1 is 1.40 bits per heavy atom. The monoisotopic (exact) mass is 304 g/mol. The summed E-state index contributed by atoms with van der Waals surface area (Å²) in [7, 11) is -2.69. The molecule has 0 saturated carbocycles. The summed E-state index contributed by atoms with van der Waals surface area (Å²) in [6.07, 6.45) is 1.39. The zero-order valence-electron chi connectivity index (χ0n) is 11.5. The lowest BCUT2D eigenvalue weighted by Gasteiger charge is -2.17. The Morgan fingerprint density at radius 3 is 2.60 bits per heavy atom. The molecule has 1 N–H and O–H groups in total. The summed E-state index contributed by atoms with van der Waals surface area (Å²) in [4.78, 5) is -0.531. The normalized spacial score (nSPS) is 11.8. The second kappa shape index (κ2) is 6.92. The van der Waals surface area contributed by atoms with Gasteiger partial charge in [0.15, 0.2) is 5.82 Å². The Balaban J connectivity index is 3.29. The number of sulfonamides is 1. The van der Waals surface area contributed by atoms with Crippen LogP contribution in [0.15, 0.2) is 29.7 Å². The van der Waals surface area contributed by atoms with Gasteiger partial charge >= 0.3 is 0 Å². The van der Waals surface area contributed by atoms with Gasteiger partial charge in [-0.15, -0.1) is 6.58 Å². The summed E-state index contributed by atoms with van der Waals surface area (Å²) in [5.41, 5.74) is -0.278. The third-order valence-corrected chi connectivity index (χ3v) is 4.62. The van der Waals surface area contributed by atoms with Crippen molar-refractivity contribution in [2.45, 2.75) is 18.4 Å². The van der Waals surface area contributed by atoms with Crippen LogP contribution in [-0.4, -0.2) is 32.9 Å². The van der Waals surface area contributed by atoms with Crippen LogP contribution in [0.1, 0.15) is 12.5 Å². The minimum Gasteiger partial charge on any atom is -0.313 e. The standard InChI is InChI=1S/C13H18F2N2O2S/c1-4-8-17(3)20(18,19)12-7-6-11(14)10(13(12)15)9-16-5-2/h4,6-7,16H,1,5,8-9H2,2-3H3. The number of hydrogen-bond donors (Lipinski definition) is 1. The lowest BCUT2D eigenvalue weighted by Crippen LogP contribution is -2.28. The SMILES string of the molecule is C=CCN(C)S(=O)(=O)c1ccc(F)c(CNCC)c1F. The van der Waals surface area contributed by atoms with E-state index in [9.17, 15) is 17.2 Å². The van der Waals surface area contributed by atoms with Gasteiger partial charge in [-0.3, -0.25) is 0 Å². The summed E-state index contributed by atoms with van der Waals surface area (Å²) in [5.74, 6) is -1.82. The fourth-order valence-corrected chi connectivity index (χ4v) is 2.86. The van der Waals surface area contributed by atoms with Crippen molar-refractivity contribution in [3.05, 3.63) is 42.0 Å². The molecule has 20 heavy (non-hydrogen) atoms. The van der Waals surface area contributed by atoms with Gasteiger partial charge in [0.2, 0.25) is 10.0 Å². The molecule has 1 rings (SSSR count). The molecule has 0 heterocycles. The van der Waals surface area contributed by atoms with Crippen molar-refractivity contribution in [3.8, 4) is 0 Å². The van der Waals surface area contributed by atoms with Crippen LogP contribution in [0.4, 0.5) is 8.78 Å². The molecule has 0 saturated heterocycles. The number of nitrogens with zero attached hydrogens (tertiary/aromatic N) is 1. The summed E-state index contributed by atoms with van der Waals surface area (Å²) in [6.45, 7) is 5.72. The van der Waals surface area contributed by atoms with E-state index in [2.05, 4.69) is 11.9 Å². The average Bonchev–Trinajstić information content (AvgIpc) is 2.38. The fraction of sp³-hybridized carbons (Fsp3) is 0.385. The van der Waals surface area contributed by atoms with Gasteiger partial charge in [0.05, 0.1) is 0 Å². The molecule has 0 fully saturated rings. The van der Waals surface area contributed by atoms with Crippen LogP contribution in [0.25, 0.3) is 0 Å². The molecule has 0 spiro atoms. The van der Waals surface area contributed by atoms with Crippen LogP contribution >= 0.6 is 0 Å². The molecule has 0 radical (unpaired) electrons. The van der Waals surface area contributed by atoms with Crippen LogP contribution in [0.2, 0.25) is 0 Å². The van der Waals surface area contributed by atoms with E-state index >= 15 is 0 Å². The first-order chi connectivity index (χ1) is 9.36. The minimum atomic E-state index is -4.00. The van der Waals surface area contributed by atoms with Gasteiger partial charge in [-0.1, -0.05) is 13.0 Å². The zero-order valence-corrected chi connectivity index (χ0v) is 12.3. The first kappa shape index (κ1) is 16.7. The van der Waals surface area contributed by atoms with Crippen LogP contribution < -0.4 is 5.32 Å². The average molecular weight is 304 g/mol. The Morgan fingerprint density at radius 2 is 2.05 bits per heavy atom. The molecular weight excluding hydrogens is 286 g/mol. The number of likely N-dealkylation sites (N-methyl/N-ethyl adjacent to an activating group) is 1. The Kier molecular flexibility index (Phi) is 5.79. The first-order valence-electron chi connectivity index (χ1n) is 6.11. The van der Waals surface area contributed by atoms with Gasteiger partial charge in [-0.25, -0.2) is 17.2 Å². The molecule has 4 nitrogen and oxygen atoms in total. The molecule has 0 unspecified atom stereocenters. The molecule has 7 heteroatoms. The highest BCUT2D eigenvalue weighted by Crippen LogP contribution is 2.23. The van der Waals surface area contributed by atoms with Crippen molar-refractivity contribution < 1.29 is 17.2 Å². The molecule has 0 aliphatic rings. The Bertz CT molecular complexity index is 588. The van der Waals surface area contributed by atoms with Crippen molar-refractivity contribution in [2.24, 2.45) is 0 Å². The fourth-order valence-electron chi connectivity index (χ4n) is 1.64. The van der Waals surface area contributed by atoms with Crippen LogP contribution in [0, 0.1) is 11.6 Å². The zero-order chi connectivity index (χ0) is 15.3. The Labute approximate surface area is 118 Å². The molecule has 0 amide bonds. The second-order valence-electron chi connectivity index (χ2n) is 4.19. The second-order valence-corrected chi connectivity index (χ2v) is 6.21. The number of nitrogens with one attached hydrogen (secondary N) is 1. The van der Waals surface area contributed by atoms with E-state index in [0.29, 0.717) is 6.54 Å². The summed E-state index contributed by atoms with van der Waals surface area (Å²) in [5, 5.41) is 2.77. The van der Waals surface area contributed by atoms with E-state index in [1.165, 1.54) is 13.1 Å². The summed E-state index contributed by atoms with van der Waals surface area (Å²) < 4.78 is 53.1. The first-order valence-corrected chi connectivity index (χ1v) is 7.55. The van der Waals surface area contributed by atoms with Crippen molar-refractivity contribution >= 4 is 10.0 Å². The predicted octanol–water partition coefficient (Wildman–Crippen LogP) is 1.88. The lowest BCUT2D eigenvalue weighted by atomic mass is 10.2. The lowest BCUT2D eigenvalue weighted by molar-refractivity contribution is 0.480. The molecule has 1 aromatic carbocycles. The highest BCUT2D eigenvalue weighted by atomic mass is 32.2. The van der Waals surface area contributed by atoms with Gasteiger partial charge < -0.3 is 5.32 Å². The Hall–Kier alpha value is -1.31. The molecule has 0 aromatic heterocycles. The predicted molar refractivity (Wildman–Crippen MR) is 73.8 cm³/mol. The molecule has 0 atom stereocenters. The number of hydrogen-bond acceptors (Lipinski definition) is 3. The van der Waals surface area contributed by atoms with E-state index in [-0.39, 0.29) is 18.7 Å². The van der Waals surface area contributed by atoms with Crippen molar-refractivity contribution in [1.82, 2.24) is 9.62 Å². The molecule has 0 bridgehead atoms. The van der Waals surface area contributed by atoms with E-state index in [4.69, 9.17) is 0 Å². The van der Waals surface area contributed by atoms with Gasteiger partial charge in [-0.2, -0.15) is 4.31 Å². The van der Waals surface area contributed by atoms with E-state index in [0.717, 1.165) is 16.4 Å². The smallest absolute Gasteiger partial charge is 0.246 e. The number of halogens is 2. The topological polar surface area (TPSA) is 49.4 Å². The van der Waals surface area contributed by atoms with Crippen molar-refractivity contribution in [1.29, 1.82) is 0 Å². The van der Waals surface area contributed by atoms with Crippen molar-refractivity contribution in [2.75, 3.05) is 20.1 Å². The quantitative estimate of drug-likeness (QED) is 0.783. The third kappa shape index (κ3) is 3.41. The highest BCUT2D eigenvalue weighted by molar-refractivity contribution is 7.89. The summed E-state index contributed by atoms with van der Waals surface area (Å²) >= 11 is 0. The van der Waals surface area contributed by atoms with Gasteiger partial charge in [0, 0.05) is 25.7 Å². The van der Waals surface area contributed by atoms with Gasteiger partial charge in [0.1, 0.15) is 10.7 Å². The van der Waals surface area contributed by atoms with Crippen LogP contribution in [-0.2, 0) is 16.6 Å². The van der Waals surface area contributed by atoms with Gasteiger partial charge in [-0.05, 0) is 18.7 Å². The molecule has 0 aliphatic heterocycles. The molecular formula is C13H18F2N2O2S. The molecule has 112 valence electrons. The van der Waals surface area contributed by atoms with Gasteiger partial charge in [0.25, 0.3) is 0 Å². The van der Waals surface area contributed by atoms with Crippen LogP contribution in [0.5, 0.6) is 0 Å². The van der Waals surface area contributed by atoms with Crippen molar-refractivity contribution in [3.63, 3.8) is 0 Å². The minimum absolute atomic E-state index is 0.0433. The third-order valence-electron chi connectivity index (χ3n) is 2.78. The molecule has 1 aromatic rings. The maximum atomic E-state index is 14.2. The summed E-state index contributed by atoms with van der Waals surface area (Å²) in [6, 6.07) is 1.90. The largest absolute Gasteiger partial charge is 0.313 e. The van der Waals surface area contributed by atoms with E-state index in [1.807, 2.05) is 0 Å². The number of benzene rings is 1. The van der Waals surface area contributed by atoms with E-state index in [1.54, 1.807) is 6.92 Å². The van der Waals surface area contributed by atoms with Crippen LogP contribution in [0.3, 0.4) is 0 Å². The van der Waals surface area contributed by atoms with E-state index < -0.39 is 26.6 Å². The maximum Gasteiger partial charge on any atom is 0.246 e. The highest BCUT2D eigenvalue weighted by Gasteiger charge is 2.26. The number of rotatable bonds is 7.